The second kappa shape index (κ2) is 9.48. The van der Waals surface area contributed by atoms with Crippen LogP contribution in [0.4, 0.5) is 0 Å². The van der Waals surface area contributed by atoms with Gasteiger partial charge in [0.1, 0.15) is 40.1 Å². The normalized spacial score (nSPS) is 11.6. The van der Waals surface area contributed by atoms with Crippen molar-refractivity contribution in [3.8, 4) is 11.5 Å². The van der Waals surface area contributed by atoms with Gasteiger partial charge >= 0.3 is 88.7 Å². The standard InChI is InChI=1S/C6H6O11S3.3Na/c7-4-2(18(9,10)11)1-3(19(12,13)14)6(5(4)8)20(15,16)17;;;/h1,7-8H,(H,9,10,11)(H,12,13,14)(H,15,16,17);;;/q;3*+1/p-3. The molecule has 0 unspecified atom stereocenters. The Morgan fingerprint density at radius 1 is 0.652 bits per heavy atom. The third-order valence-corrected chi connectivity index (χ3v) is 4.70. The molecule has 0 heterocycles. The summed E-state index contributed by atoms with van der Waals surface area (Å²) in [6.07, 6.45) is 0. The molecule has 11 nitrogen and oxygen atoms in total. The van der Waals surface area contributed by atoms with Crippen LogP contribution >= 0.6 is 0 Å². The summed E-state index contributed by atoms with van der Waals surface area (Å²) < 4.78 is 96.8. The van der Waals surface area contributed by atoms with E-state index in [-0.39, 0.29) is 94.7 Å². The number of phenolic OH excluding ortho intramolecular Hbond substituents is 2. The molecule has 0 bridgehead atoms. The number of benzene rings is 1. The van der Waals surface area contributed by atoms with E-state index < -0.39 is 56.5 Å². The van der Waals surface area contributed by atoms with Crippen LogP contribution in [0.5, 0.6) is 11.5 Å². The van der Waals surface area contributed by atoms with Gasteiger partial charge in [-0.15, -0.1) is 0 Å². The van der Waals surface area contributed by atoms with E-state index in [1.54, 1.807) is 0 Å². The van der Waals surface area contributed by atoms with Crippen LogP contribution in [0.1, 0.15) is 0 Å². The maximum absolute atomic E-state index is 10.8. The summed E-state index contributed by atoms with van der Waals surface area (Å²) in [6.45, 7) is 0. The van der Waals surface area contributed by atoms with E-state index in [4.69, 9.17) is 5.11 Å². The number of hydrogen-bond donors (Lipinski definition) is 2. The van der Waals surface area contributed by atoms with Crippen molar-refractivity contribution in [2.45, 2.75) is 14.7 Å². The Hall–Kier alpha value is 1.55. The predicted octanol–water partition coefficient (Wildman–Crippen LogP) is -11.2. The fourth-order valence-corrected chi connectivity index (χ4v) is 3.72. The van der Waals surface area contributed by atoms with Crippen LogP contribution in [0.3, 0.4) is 0 Å². The molecular weight excluding hydrogens is 413 g/mol. The number of hydrogen-bond acceptors (Lipinski definition) is 11. The van der Waals surface area contributed by atoms with Gasteiger partial charge in [-0.05, 0) is 6.07 Å². The molecule has 0 aliphatic heterocycles. The van der Waals surface area contributed by atoms with Gasteiger partial charge in [-0.1, -0.05) is 0 Å². The van der Waals surface area contributed by atoms with Crippen molar-refractivity contribution in [2.75, 3.05) is 0 Å². The van der Waals surface area contributed by atoms with E-state index >= 15 is 0 Å². The second-order valence-corrected chi connectivity index (χ2v) is 7.27. The van der Waals surface area contributed by atoms with Crippen molar-refractivity contribution >= 4 is 30.4 Å². The Morgan fingerprint density at radius 3 is 1.26 bits per heavy atom. The molecule has 23 heavy (non-hydrogen) atoms. The first-order valence-corrected chi connectivity index (χ1v) is 8.36. The van der Waals surface area contributed by atoms with Gasteiger partial charge < -0.3 is 23.9 Å². The van der Waals surface area contributed by atoms with Crippen molar-refractivity contribution in [1.82, 2.24) is 0 Å². The quantitative estimate of drug-likeness (QED) is 0.268. The Labute approximate surface area is 197 Å². The maximum atomic E-state index is 10.8. The fraction of sp³-hybridized carbons (Fsp3) is 0. The summed E-state index contributed by atoms with van der Waals surface area (Å²) in [6, 6.07) is -0.315. The maximum Gasteiger partial charge on any atom is 1.00 e. The smallest absolute Gasteiger partial charge is 0.744 e. The summed E-state index contributed by atoms with van der Waals surface area (Å²) in [5.74, 6) is -3.88. The van der Waals surface area contributed by atoms with E-state index in [1.807, 2.05) is 0 Å². The molecule has 0 aliphatic rings. The summed E-state index contributed by atoms with van der Waals surface area (Å²) >= 11 is 0. The molecule has 1 aromatic carbocycles. The van der Waals surface area contributed by atoms with Gasteiger partial charge in [0.25, 0.3) is 0 Å². The molecule has 17 heteroatoms. The molecule has 0 spiro atoms. The minimum atomic E-state index is -5.77. The van der Waals surface area contributed by atoms with Gasteiger partial charge in [-0.2, -0.15) is 0 Å². The molecule has 0 radical (unpaired) electrons. The van der Waals surface area contributed by atoms with Crippen LogP contribution in [-0.4, -0.2) is 49.1 Å². The summed E-state index contributed by atoms with van der Waals surface area (Å²) in [7, 11) is -17.1. The van der Waals surface area contributed by atoms with Crippen molar-refractivity contribution in [2.24, 2.45) is 0 Å². The van der Waals surface area contributed by atoms with Gasteiger partial charge in [0.15, 0.2) is 11.5 Å². The van der Waals surface area contributed by atoms with Crippen LogP contribution in [0, 0.1) is 0 Å². The minimum Gasteiger partial charge on any atom is -0.744 e. The zero-order valence-corrected chi connectivity index (χ0v) is 20.3. The van der Waals surface area contributed by atoms with Gasteiger partial charge in [0.2, 0.25) is 0 Å². The predicted molar refractivity (Wildman–Crippen MR) is 53.7 cm³/mol. The molecule has 0 amide bonds. The van der Waals surface area contributed by atoms with Crippen molar-refractivity contribution < 1.29 is 138 Å². The molecule has 0 atom stereocenters. The molecular formula is C6H3Na3O11S3. The van der Waals surface area contributed by atoms with Crippen LogP contribution in [-0.2, 0) is 30.4 Å². The topological polar surface area (TPSA) is 212 Å². The third-order valence-electron chi connectivity index (χ3n) is 1.95. The monoisotopic (exact) mass is 416 g/mol. The van der Waals surface area contributed by atoms with Gasteiger partial charge in [-0.3, -0.25) is 0 Å². The number of rotatable bonds is 3. The molecule has 1 aromatic rings. The van der Waals surface area contributed by atoms with Crippen molar-refractivity contribution in [3.05, 3.63) is 6.07 Å². The molecule has 0 saturated carbocycles. The summed E-state index contributed by atoms with van der Waals surface area (Å²) in [5, 5.41) is 18.3. The molecule has 0 fully saturated rings. The van der Waals surface area contributed by atoms with E-state index in [0.29, 0.717) is 0 Å². The summed E-state index contributed by atoms with van der Waals surface area (Å²) in [4.78, 5) is -5.77. The first-order valence-electron chi connectivity index (χ1n) is 4.14. The SMILES string of the molecule is O=S(=O)([O-])c1cc(S(=O)(=O)[O-])c(S(=O)(=O)[O-])c(O)c1O.[Na+].[Na+].[Na+]. The molecule has 2 N–H and O–H groups in total. The largest absolute Gasteiger partial charge is 1.00 e. The van der Waals surface area contributed by atoms with Crippen molar-refractivity contribution in [1.29, 1.82) is 0 Å². The molecule has 114 valence electrons. The van der Waals surface area contributed by atoms with Gasteiger partial charge in [-0.25, -0.2) is 25.3 Å². The Balaban J connectivity index is -0.00000133. The fourth-order valence-electron chi connectivity index (χ4n) is 1.21. The van der Waals surface area contributed by atoms with Gasteiger partial charge in [0, 0.05) is 0 Å². The van der Waals surface area contributed by atoms with E-state index in [2.05, 4.69) is 0 Å². The molecule has 0 aromatic heterocycles. The van der Waals surface area contributed by atoms with E-state index in [0.717, 1.165) is 0 Å². The Morgan fingerprint density at radius 2 is 1.00 bits per heavy atom. The van der Waals surface area contributed by atoms with Crippen molar-refractivity contribution in [3.63, 3.8) is 0 Å². The zero-order valence-electron chi connectivity index (χ0n) is 11.9. The second-order valence-electron chi connectivity index (χ2n) is 3.26. The first kappa shape index (κ1) is 29.3. The first-order chi connectivity index (χ1) is 8.67. The van der Waals surface area contributed by atoms with Crippen LogP contribution < -0.4 is 88.7 Å². The Bertz CT molecular complexity index is 887. The zero-order chi connectivity index (χ0) is 16.1. The van der Waals surface area contributed by atoms with Crippen LogP contribution in [0.2, 0.25) is 0 Å². The average Bonchev–Trinajstić information content (AvgIpc) is 2.15. The molecule has 0 aliphatic carbocycles. The average molecular weight is 416 g/mol. The Kier molecular flexibility index (Phi) is 12.1. The van der Waals surface area contributed by atoms with Crippen LogP contribution in [0.15, 0.2) is 20.8 Å². The number of aromatic hydroxyl groups is 2. The third kappa shape index (κ3) is 6.99. The summed E-state index contributed by atoms with van der Waals surface area (Å²) in [5.41, 5.74) is 0. The molecule has 0 saturated heterocycles. The van der Waals surface area contributed by atoms with Crippen LogP contribution in [0.25, 0.3) is 0 Å². The molecule has 1 rings (SSSR count). The minimum absolute atomic E-state index is 0. The van der Waals surface area contributed by atoms with Gasteiger partial charge in [0.05, 0.1) is 4.90 Å². The van der Waals surface area contributed by atoms with E-state index in [9.17, 15) is 44.0 Å². The van der Waals surface area contributed by atoms with E-state index in [1.165, 1.54) is 0 Å². The number of phenols is 2.